The molecular weight excluding hydrogens is 121 g/mol. The van der Waals surface area contributed by atoms with E-state index in [1.807, 2.05) is 0 Å². The predicted molar refractivity (Wildman–Crippen MR) is 32.9 cm³/mol. The Bertz CT molecular complexity index is 83.1. The van der Waals surface area contributed by atoms with Gasteiger partial charge in [0.05, 0.1) is 6.61 Å². The molecule has 0 aliphatic carbocycles. The number of ether oxygens (including phenoxy) is 1. The average molecular weight is 133 g/mol. The summed E-state index contributed by atoms with van der Waals surface area (Å²) in [7, 11) is 0. The number of nitrogens with two attached hydrogens (primary N) is 1. The largest absolute Gasteiger partial charge is 0.381 e. The van der Waals surface area contributed by atoms with Gasteiger partial charge in [-0.15, -0.1) is 0 Å². The number of halogens is 1. The van der Waals surface area contributed by atoms with Crippen molar-refractivity contribution >= 4 is 0 Å². The molecule has 0 bridgehead atoms. The Morgan fingerprint density at radius 1 is 1.78 bits per heavy atom. The topological polar surface area (TPSA) is 35.2 Å². The van der Waals surface area contributed by atoms with E-state index in [4.69, 9.17) is 10.5 Å². The zero-order valence-electron chi connectivity index (χ0n) is 5.35. The third-order valence-electron chi connectivity index (χ3n) is 1.70. The molecule has 1 heterocycles. The third-order valence-corrected chi connectivity index (χ3v) is 1.70. The predicted octanol–water partition coefficient (Wildman–Crippen LogP) is 0.320. The van der Waals surface area contributed by atoms with Crippen LogP contribution in [-0.4, -0.2) is 25.9 Å². The van der Waals surface area contributed by atoms with Gasteiger partial charge in [-0.25, -0.2) is 4.39 Å². The summed E-state index contributed by atoms with van der Waals surface area (Å²) in [4.78, 5) is 0. The summed E-state index contributed by atoms with van der Waals surface area (Å²) in [5.41, 5.74) is 5.12. The van der Waals surface area contributed by atoms with Crippen molar-refractivity contribution in [1.82, 2.24) is 0 Å². The maximum absolute atomic E-state index is 12.6. The van der Waals surface area contributed by atoms with Gasteiger partial charge >= 0.3 is 0 Å². The van der Waals surface area contributed by atoms with Crippen LogP contribution in [0.4, 0.5) is 4.39 Å². The zero-order valence-corrected chi connectivity index (χ0v) is 5.35. The molecule has 0 saturated carbocycles. The second-order valence-electron chi connectivity index (χ2n) is 2.38. The van der Waals surface area contributed by atoms with Gasteiger partial charge in [-0.3, -0.25) is 0 Å². The minimum absolute atomic E-state index is 0.0648. The molecular formula is C6H12FNO. The summed E-state index contributed by atoms with van der Waals surface area (Å²) in [6, 6.07) is 0. The fourth-order valence-corrected chi connectivity index (χ4v) is 1.03. The van der Waals surface area contributed by atoms with Crippen molar-refractivity contribution in [2.75, 3.05) is 19.8 Å². The quantitative estimate of drug-likeness (QED) is 0.588. The molecule has 3 heteroatoms. The van der Waals surface area contributed by atoms with Gasteiger partial charge in [-0.1, -0.05) is 0 Å². The molecule has 0 spiro atoms. The molecule has 0 radical (unpaired) electrons. The van der Waals surface area contributed by atoms with Gasteiger partial charge in [-0.2, -0.15) is 0 Å². The molecule has 0 aromatic rings. The van der Waals surface area contributed by atoms with E-state index < -0.39 is 6.17 Å². The van der Waals surface area contributed by atoms with E-state index in [1.165, 1.54) is 0 Å². The normalized spacial score (nSPS) is 30.7. The Hall–Kier alpha value is -0.150. The third kappa shape index (κ3) is 1.63. The van der Waals surface area contributed by atoms with Crippen LogP contribution in [-0.2, 0) is 4.74 Å². The van der Waals surface area contributed by atoms with E-state index in [9.17, 15) is 4.39 Å². The molecule has 0 unspecified atom stereocenters. The van der Waals surface area contributed by atoms with Crippen molar-refractivity contribution < 1.29 is 9.13 Å². The summed E-state index contributed by atoms with van der Waals surface area (Å²) in [5.74, 6) is 0.0648. The summed E-state index contributed by atoms with van der Waals surface area (Å²) in [5, 5.41) is 0. The molecule has 2 N–H and O–H groups in total. The lowest BCUT2D eigenvalue weighted by atomic mass is 10.0. The van der Waals surface area contributed by atoms with Crippen molar-refractivity contribution in [3.8, 4) is 0 Å². The summed E-state index contributed by atoms with van der Waals surface area (Å²) >= 11 is 0. The summed E-state index contributed by atoms with van der Waals surface area (Å²) in [6.07, 6.45) is -0.0225. The second kappa shape index (κ2) is 3.13. The summed E-state index contributed by atoms with van der Waals surface area (Å²) < 4.78 is 17.6. The van der Waals surface area contributed by atoms with Crippen LogP contribution in [0.5, 0.6) is 0 Å². The zero-order chi connectivity index (χ0) is 6.69. The lowest BCUT2D eigenvalue weighted by Crippen LogP contribution is -2.24. The van der Waals surface area contributed by atoms with Crippen LogP contribution in [0, 0.1) is 5.92 Å². The highest BCUT2D eigenvalue weighted by Gasteiger charge is 2.23. The molecule has 0 amide bonds. The van der Waals surface area contributed by atoms with Gasteiger partial charge in [-0.05, 0) is 6.42 Å². The first-order chi connectivity index (χ1) is 4.34. The van der Waals surface area contributed by atoms with Gasteiger partial charge < -0.3 is 10.5 Å². The molecule has 2 nitrogen and oxygen atoms in total. The van der Waals surface area contributed by atoms with E-state index >= 15 is 0 Å². The monoisotopic (exact) mass is 133 g/mol. The fourth-order valence-electron chi connectivity index (χ4n) is 1.03. The van der Waals surface area contributed by atoms with Gasteiger partial charge in [0.1, 0.15) is 6.17 Å². The minimum Gasteiger partial charge on any atom is -0.381 e. The summed E-state index contributed by atoms with van der Waals surface area (Å²) in [6.45, 7) is 1.39. The van der Waals surface area contributed by atoms with Gasteiger partial charge in [0, 0.05) is 19.1 Å². The van der Waals surface area contributed by atoms with Gasteiger partial charge in [0.15, 0.2) is 0 Å². The minimum atomic E-state index is -0.854. The van der Waals surface area contributed by atoms with Crippen LogP contribution >= 0.6 is 0 Å². The van der Waals surface area contributed by atoms with Crippen molar-refractivity contribution in [2.45, 2.75) is 12.6 Å². The van der Waals surface area contributed by atoms with Crippen LogP contribution in [0.15, 0.2) is 0 Å². The van der Waals surface area contributed by atoms with Gasteiger partial charge in [0.25, 0.3) is 0 Å². The maximum Gasteiger partial charge on any atom is 0.117 e. The van der Waals surface area contributed by atoms with Crippen LogP contribution < -0.4 is 5.73 Å². The molecule has 1 aliphatic rings. The second-order valence-corrected chi connectivity index (χ2v) is 2.38. The Labute approximate surface area is 54.2 Å². The lowest BCUT2D eigenvalue weighted by molar-refractivity contribution is 0.157. The van der Waals surface area contributed by atoms with E-state index in [0.29, 0.717) is 13.2 Å². The molecule has 2 atom stereocenters. The molecule has 0 aromatic carbocycles. The Morgan fingerprint density at radius 3 is 3.00 bits per heavy atom. The SMILES string of the molecule is NC[C@H](F)[C@@H]1CCOC1. The van der Waals surface area contributed by atoms with Crippen LogP contribution in [0.3, 0.4) is 0 Å². The highest BCUT2D eigenvalue weighted by molar-refractivity contribution is 4.73. The molecule has 1 fully saturated rings. The number of alkyl halides is 1. The molecule has 0 aromatic heterocycles. The van der Waals surface area contributed by atoms with Crippen LogP contribution in [0.25, 0.3) is 0 Å². The molecule has 1 rings (SSSR count). The Kier molecular flexibility index (Phi) is 2.42. The number of rotatable bonds is 2. The molecule has 54 valence electrons. The van der Waals surface area contributed by atoms with E-state index in [-0.39, 0.29) is 12.5 Å². The van der Waals surface area contributed by atoms with Crippen molar-refractivity contribution in [3.05, 3.63) is 0 Å². The van der Waals surface area contributed by atoms with Crippen LogP contribution in [0.2, 0.25) is 0 Å². The number of hydrogen-bond acceptors (Lipinski definition) is 2. The highest BCUT2D eigenvalue weighted by atomic mass is 19.1. The average Bonchev–Trinajstić information content (AvgIpc) is 2.37. The molecule has 1 aliphatic heterocycles. The Morgan fingerprint density at radius 2 is 2.56 bits per heavy atom. The maximum atomic E-state index is 12.6. The standard InChI is InChI=1S/C6H12FNO/c7-6(3-8)5-1-2-9-4-5/h5-6H,1-4,8H2/t5-,6+/m1/s1. The van der Waals surface area contributed by atoms with Crippen LogP contribution in [0.1, 0.15) is 6.42 Å². The first-order valence-corrected chi connectivity index (χ1v) is 3.26. The van der Waals surface area contributed by atoms with E-state index in [1.54, 1.807) is 0 Å². The van der Waals surface area contributed by atoms with E-state index in [2.05, 4.69) is 0 Å². The molecule has 1 saturated heterocycles. The smallest absolute Gasteiger partial charge is 0.117 e. The molecule has 9 heavy (non-hydrogen) atoms. The van der Waals surface area contributed by atoms with E-state index in [0.717, 1.165) is 6.42 Å². The van der Waals surface area contributed by atoms with Crippen molar-refractivity contribution in [2.24, 2.45) is 11.7 Å². The fraction of sp³-hybridized carbons (Fsp3) is 1.00. The first kappa shape index (κ1) is 6.96. The van der Waals surface area contributed by atoms with Gasteiger partial charge in [0.2, 0.25) is 0 Å². The first-order valence-electron chi connectivity index (χ1n) is 3.26. The Balaban J connectivity index is 2.24. The van der Waals surface area contributed by atoms with Crippen molar-refractivity contribution in [1.29, 1.82) is 0 Å². The highest BCUT2D eigenvalue weighted by Crippen LogP contribution is 2.17. The van der Waals surface area contributed by atoms with Crippen molar-refractivity contribution in [3.63, 3.8) is 0 Å². The number of hydrogen-bond donors (Lipinski definition) is 1. The lowest BCUT2D eigenvalue weighted by Gasteiger charge is -2.09.